The van der Waals surface area contributed by atoms with E-state index in [0.717, 1.165) is 6.54 Å². The van der Waals surface area contributed by atoms with Crippen molar-refractivity contribution in [3.63, 3.8) is 0 Å². The summed E-state index contributed by atoms with van der Waals surface area (Å²) in [5.41, 5.74) is 5.20. The molecular weight excluding hydrogens is 210 g/mol. The molecule has 0 aliphatic rings. The highest BCUT2D eigenvalue weighted by atomic mass is 15.1. The molecule has 1 unspecified atom stereocenters. The van der Waals surface area contributed by atoms with E-state index in [1.807, 2.05) is 12.4 Å². The number of rotatable bonds is 4. The highest BCUT2D eigenvalue weighted by Crippen LogP contribution is 2.18. The van der Waals surface area contributed by atoms with Crippen LogP contribution in [0.2, 0.25) is 0 Å². The molecule has 0 saturated carbocycles. The van der Waals surface area contributed by atoms with Crippen molar-refractivity contribution in [3.05, 3.63) is 52.8 Å². The minimum Gasteiger partial charge on any atom is -0.306 e. The molecule has 1 atom stereocenters. The van der Waals surface area contributed by atoms with Gasteiger partial charge in [-0.1, -0.05) is 23.8 Å². The molecule has 0 aliphatic carbocycles. The fourth-order valence-electron chi connectivity index (χ4n) is 2.07. The van der Waals surface area contributed by atoms with Crippen molar-refractivity contribution < 1.29 is 0 Å². The summed E-state index contributed by atoms with van der Waals surface area (Å²) in [7, 11) is 0. The maximum Gasteiger partial charge on any atom is 0.0532 e. The summed E-state index contributed by atoms with van der Waals surface area (Å²) >= 11 is 0. The molecule has 1 aromatic carbocycles. The van der Waals surface area contributed by atoms with Crippen LogP contribution < -0.4 is 5.32 Å². The second-order valence-corrected chi connectivity index (χ2v) is 4.57. The number of hydrogen-bond acceptors (Lipinski definition) is 2. The molecule has 17 heavy (non-hydrogen) atoms. The van der Waals surface area contributed by atoms with Crippen LogP contribution in [0.4, 0.5) is 0 Å². The predicted molar refractivity (Wildman–Crippen MR) is 69.8 cm³/mol. The Hall–Kier alpha value is -1.61. The summed E-state index contributed by atoms with van der Waals surface area (Å²) in [4.78, 5) is 0. The van der Waals surface area contributed by atoms with Crippen LogP contribution in [0.1, 0.15) is 35.2 Å². The van der Waals surface area contributed by atoms with Crippen LogP contribution >= 0.6 is 0 Å². The van der Waals surface area contributed by atoms with Crippen LogP contribution in [0.5, 0.6) is 0 Å². The smallest absolute Gasteiger partial charge is 0.0532 e. The van der Waals surface area contributed by atoms with Gasteiger partial charge in [0.25, 0.3) is 0 Å². The Kier molecular flexibility index (Phi) is 3.59. The zero-order chi connectivity index (χ0) is 12.3. The van der Waals surface area contributed by atoms with Crippen LogP contribution in [0.3, 0.4) is 0 Å². The molecule has 1 heterocycles. The number of hydrogen-bond donors (Lipinski definition) is 2. The lowest BCUT2D eigenvalue weighted by Gasteiger charge is -2.16. The molecule has 2 N–H and O–H groups in total. The van der Waals surface area contributed by atoms with E-state index < -0.39 is 0 Å². The van der Waals surface area contributed by atoms with Gasteiger partial charge in [-0.2, -0.15) is 5.10 Å². The number of benzene rings is 1. The van der Waals surface area contributed by atoms with Gasteiger partial charge in [-0.3, -0.25) is 5.10 Å². The van der Waals surface area contributed by atoms with Crippen LogP contribution in [-0.2, 0) is 6.54 Å². The molecular formula is C14H19N3. The van der Waals surface area contributed by atoms with E-state index in [1.165, 1.54) is 22.3 Å². The Labute approximate surface area is 102 Å². The minimum absolute atomic E-state index is 0.352. The lowest BCUT2D eigenvalue weighted by molar-refractivity contribution is 0.572. The van der Waals surface area contributed by atoms with E-state index in [1.54, 1.807) is 0 Å². The Bertz CT molecular complexity index is 474. The molecule has 0 fully saturated rings. The summed E-state index contributed by atoms with van der Waals surface area (Å²) < 4.78 is 0. The summed E-state index contributed by atoms with van der Waals surface area (Å²) in [6.45, 7) is 7.32. The number of H-pyrrole nitrogens is 1. The molecule has 0 aliphatic heterocycles. The summed E-state index contributed by atoms with van der Waals surface area (Å²) in [5, 5.41) is 10.3. The molecule has 3 heteroatoms. The molecule has 0 bridgehead atoms. The SMILES string of the molecule is Cc1ccc(C(C)NCc2cn[nH]c2)c(C)c1. The summed E-state index contributed by atoms with van der Waals surface area (Å²) in [6.07, 6.45) is 3.77. The number of nitrogens with one attached hydrogen (secondary N) is 2. The van der Waals surface area contributed by atoms with Gasteiger partial charge in [0.2, 0.25) is 0 Å². The Morgan fingerprint density at radius 1 is 1.35 bits per heavy atom. The van der Waals surface area contributed by atoms with Crippen molar-refractivity contribution in [1.29, 1.82) is 0 Å². The fourth-order valence-corrected chi connectivity index (χ4v) is 2.07. The largest absolute Gasteiger partial charge is 0.306 e. The molecule has 0 saturated heterocycles. The molecule has 90 valence electrons. The van der Waals surface area contributed by atoms with E-state index >= 15 is 0 Å². The molecule has 0 spiro atoms. The molecule has 3 nitrogen and oxygen atoms in total. The van der Waals surface area contributed by atoms with Crippen LogP contribution in [0.25, 0.3) is 0 Å². The monoisotopic (exact) mass is 229 g/mol. The lowest BCUT2D eigenvalue weighted by atomic mass is 10.0. The first-order valence-electron chi connectivity index (χ1n) is 5.95. The number of nitrogens with zero attached hydrogens (tertiary/aromatic N) is 1. The van der Waals surface area contributed by atoms with E-state index in [2.05, 4.69) is 54.5 Å². The Morgan fingerprint density at radius 3 is 2.82 bits per heavy atom. The first-order valence-corrected chi connectivity index (χ1v) is 5.95. The zero-order valence-electron chi connectivity index (χ0n) is 10.6. The second-order valence-electron chi connectivity index (χ2n) is 4.57. The average molecular weight is 229 g/mol. The third-order valence-corrected chi connectivity index (χ3v) is 3.06. The molecule has 2 rings (SSSR count). The third kappa shape index (κ3) is 2.94. The van der Waals surface area contributed by atoms with Crippen LogP contribution in [0.15, 0.2) is 30.6 Å². The van der Waals surface area contributed by atoms with Crippen LogP contribution in [-0.4, -0.2) is 10.2 Å². The average Bonchev–Trinajstić information content (AvgIpc) is 2.78. The van der Waals surface area contributed by atoms with Gasteiger partial charge in [-0.15, -0.1) is 0 Å². The first-order chi connectivity index (χ1) is 8.16. The van der Waals surface area contributed by atoms with Crippen molar-refractivity contribution in [1.82, 2.24) is 15.5 Å². The van der Waals surface area contributed by atoms with Crippen molar-refractivity contribution >= 4 is 0 Å². The van der Waals surface area contributed by atoms with Gasteiger partial charge < -0.3 is 5.32 Å². The van der Waals surface area contributed by atoms with Gasteiger partial charge in [0.1, 0.15) is 0 Å². The topological polar surface area (TPSA) is 40.7 Å². The fraction of sp³-hybridized carbons (Fsp3) is 0.357. The highest BCUT2D eigenvalue weighted by Gasteiger charge is 2.07. The van der Waals surface area contributed by atoms with E-state index in [4.69, 9.17) is 0 Å². The zero-order valence-corrected chi connectivity index (χ0v) is 10.6. The van der Waals surface area contributed by atoms with E-state index in [-0.39, 0.29) is 0 Å². The quantitative estimate of drug-likeness (QED) is 0.846. The van der Waals surface area contributed by atoms with Gasteiger partial charge in [0.05, 0.1) is 6.20 Å². The molecule has 2 aromatic rings. The molecule has 0 amide bonds. The van der Waals surface area contributed by atoms with Crippen LogP contribution in [0, 0.1) is 13.8 Å². The van der Waals surface area contributed by atoms with Gasteiger partial charge in [0, 0.05) is 24.3 Å². The van der Waals surface area contributed by atoms with Gasteiger partial charge in [0.15, 0.2) is 0 Å². The van der Waals surface area contributed by atoms with Crippen molar-refractivity contribution in [2.45, 2.75) is 33.4 Å². The summed E-state index contributed by atoms with van der Waals surface area (Å²) in [6, 6.07) is 6.95. The van der Waals surface area contributed by atoms with E-state index in [0.29, 0.717) is 6.04 Å². The van der Waals surface area contributed by atoms with Crippen molar-refractivity contribution in [2.75, 3.05) is 0 Å². The van der Waals surface area contributed by atoms with Gasteiger partial charge in [-0.25, -0.2) is 0 Å². The first kappa shape index (κ1) is 11.9. The Balaban J connectivity index is 2.01. The van der Waals surface area contributed by atoms with Crippen molar-refractivity contribution in [2.24, 2.45) is 0 Å². The third-order valence-electron chi connectivity index (χ3n) is 3.06. The second kappa shape index (κ2) is 5.15. The van der Waals surface area contributed by atoms with E-state index in [9.17, 15) is 0 Å². The molecule has 1 aromatic heterocycles. The standard InChI is InChI=1S/C14H19N3/c1-10-4-5-14(11(2)6-10)12(3)15-7-13-8-16-17-9-13/h4-6,8-9,12,15H,7H2,1-3H3,(H,16,17). The Morgan fingerprint density at radius 2 is 2.18 bits per heavy atom. The predicted octanol–water partition coefficient (Wildman–Crippen LogP) is 2.88. The van der Waals surface area contributed by atoms with Crippen molar-refractivity contribution in [3.8, 4) is 0 Å². The maximum atomic E-state index is 3.94. The van der Waals surface area contributed by atoms with Gasteiger partial charge in [-0.05, 0) is 31.9 Å². The number of aryl methyl sites for hydroxylation is 2. The number of aromatic nitrogens is 2. The summed E-state index contributed by atoms with van der Waals surface area (Å²) in [5.74, 6) is 0. The minimum atomic E-state index is 0.352. The number of aromatic amines is 1. The van der Waals surface area contributed by atoms with Gasteiger partial charge >= 0.3 is 0 Å². The maximum absolute atomic E-state index is 3.94. The highest BCUT2D eigenvalue weighted by molar-refractivity contribution is 5.32. The normalized spacial score (nSPS) is 12.6. The molecule has 0 radical (unpaired) electrons. The lowest BCUT2D eigenvalue weighted by Crippen LogP contribution is -2.18.